The lowest BCUT2D eigenvalue weighted by Crippen LogP contribution is -2.41. The Labute approximate surface area is 145 Å². The first kappa shape index (κ1) is 16.8. The number of rotatable bonds is 5. The molecule has 1 saturated heterocycles. The maximum Gasteiger partial charge on any atom is 0.332 e. The number of amides is 4. The van der Waals surface area contributed by atoms with Gasteiger partial charge in [0, 0.05) is 5.69 Å². The summed E-state index contributed by atoms with van der Waals surface area (Å²) in [4.78, 5) is 39.5. The minimum absolute atomic E-state index is 0.208. The van der Waals surface area contributed by atoms with E-state index in [4.69, 9.17) is 4.42 Å². The molecule has 2 heterocycles. The minimum atomic E-state index is -0.645. The van der Waals surface area contributed by atoms with Gasteiger partial charge in [-0.25, -0.2) is 4.79 Å². The van der Waals surface area contributed by atoms with Gasteiger partial charge in [0.2, 0.25) is 5.91 Å². The lowest BCUT2D eigenvalue weighted by Gasteiger charge is -2.19. The van der Waals surface area contributed by atoms with Gasteiger partial charge in [-0.1, -0.05) is 17.7 Å². The van der Waals surface area contributed by atoms with Crippen molar-refractivity contribution in [3.63, 3.8) is 0 Å². The highest BCUT2D eigenvalue weighted by Gasteiger charge is 2.43. The molecule has 4 amide bonds. The fraction of sp³-hybridized carbons (Fsp3) is 0.278. The summed E-state index contributed by atoms with van der Waals surface area (Å²) in [6.45, 7) is 3.49. The number of imide groups is 1. The van der Waals surface area contributed by atoms with Crippen molar-refractivity contribution in [3.05, 3.63) is 54.0 Å². The molecule has 0 spiro atoms. The number of nitrogens with zero attached hydrogens (tertiary/aromatic N) is 2. The molecule has 0 aliphatic carbocycles. The molecule has 130 valence electrons. The van der Waals surface area contributed by atoms with Crippen LogP contribution in [0.1, 0.15) is 18.2 Å². The summed E-state index contributed by atoms with van der Waals surface area (Å²) in [5.74, 6) is -0.211. The van der Waals surface area contributed by atoms with Gasteiger partial charge in [0.1, 0.15) is 18.3 Å². The van der Waals surface area contributed by atoms with Crippen molar-refractivity contribution < 1.29 is 18.8 Å². The van der Waals surface area contributed by atoms with Crippen molar-refractivity contribution in [1.82, 2.24) is 10.2 Å². The molecule has 1 aliphatic rings. The average molecular weight is 341 g/mol. The number of hydrogen-bond acceptors (Lipinski definition) is 4. The molecule has 1 aromatic carbocycles. The van der Waals surface area contributed by atoms with E-state index in [0.717, 1.165) is 10.5 Å². The Balaban J connectivity index is 1.67. The van der Waals surface area contributed by atoms with Crippen LogP contribution in [-0.2, 0) is 16.1 Å². The van der Waals surface area contributed by atoms with E-state index in [1.807, 2.05) is 19.1 Å². The van der Waals surface area contributed by atoms with Gasteiger partial charge in [0.05, 0.1) is 12.8 Å². The number of furan rings is 1. The molecule has 1 aromatic heterocycles. The Morgan fingerprint density at radius 1 is 1.20 bits per heavy atom. The van der Waals surface area contributed by atoms with E-state index in [9.17, 15) is 14.4 Å². The Hall–Kier alpha value is -3.09. The van der Waals surface area contributed by atoms with Crippen LogP contribution in [0.15, 0.2) is 47.1 Å². The number of benzene rings is 1. The van der Waals surface area contributed by atoms with E-state index >= 15 is 0 Å². The Morgan fingerprint density at radius 3 is 2.56 bits per heavy atom. The SMILES string of the molecule is Cc1ccc(N2C(=O)N(CC(=O)NCc3ccco3)C(=O)C2C)cc1. The summed E-state index contributed by atoms with van der Waals surface area (Å²) >= 11 is 0. The summed E-state index contributed by atoms with van der Waals surface area (Å²) in [6, 6.07) is 9.64. The molecule has 3 rings (SSSR count). The molecular formula is C18H19N3O4. The van der Waals surface area contributed by atoms with Gasteiger partial charge in [0.15, 0.2) is 0 Å². The quantitative estimate of drug-likeness (QED) is 0.844. The van der Waals surface area contributed by atoms with Gasteiger partial charge in [-0.05, 0) is 38.1 Å². The Kier molecular flexibility index (Phi) is 4.56. The van der Waals surface area contributed by atoms with Crippen molar-refractivity contribution in [2.45, 2.75) is 26.4 Å². The van der Waals surface area contributed by atoms with Gasteiger partial charge in [0.25, 0.3) is 5.91 Å². The zero-order valence-corrected chi connectivity index (χ0v) is 14.1. The van der Waals surface area contributed by atoms with E-state index in [-0.39, 0.29) is 13.1 Å². The van der Waals surface area contributed by atoms with Crippen molar-refractivity contribution in [2.24, 2.45) is 0 Å². The number of carbonyl (C=O) groups is 3. The molecule has 7 nitrogen and oxygen atoms in total. The lowest BCUT2D eigenvalue weighted by molar-refractivity contribution is -0.131. The topological polar surface area (TPSA) is 82.9 Å². The third-order valence-corrected chi connectivity index (χ3v) is 4.10. The molecular weight excluding hydrogens is 322 g/mol. The van der Waals surface area contributed by atoms with Crippen LogP contribution in [0, 0.1) is 6.92 Å². The van der Waals surface area contributed by atoms with Crippen LogP contribution in [0.4, 0.5) is 10.5 Å². The summed E-state index contributed by atoms with van der Waals surface area (Å²) in [7, 11) is 0. The van der Waals surface area contributed by atoms with Gasteiger partial charge in [-0.3, -0.25) is 19.4 Å². The van der Waals surface area contributed by atoms with E-state index in [2.05, 4.69) is 5.32 Å². The minimum Gasteiger partial charge on any atom is -0.467 e. The molecule has 7 heteroatoms. The molecule has 0 bridgehead atoms. The van der Waals surface area contributed by atoms with Crippen molar-refractivity contribution in [1.29, 1.82) is 0 Å². The average Bonchev–Trinajstić information content (AvgIpc) is 3.18. The van der Waals surface area contributed by atoms with Crippen LogP contribution in [0.5, 0.6) is 0 Å². The highest BCUT2D eigenvalue weighted by atomic mass is 16.3. The van der Waals surface area contributed by atoms with E-state index in [0.29, 0.717) is 11.4 Å². The van der Waals surface area contributed by atoms with Crippen LogP contribution in [-0.4, -0.2) is 35.3 Å². The van der Waals surface area contributed by atoms with E-state index in [1.54, 1.807) is 31.2 Å². The fourth-order valence-corrected chi connectivity index (χ4v) is 2.71. The number of urea groups is 1. The first-order valence-electron chi connectivity index (χ1n) is 7.97. The van der Waals surface area contributed by atoms with Crippen LogP contribution in [0.25, 0.3) is 0 Å². The standard InChI is InChI=1S/C18H19N3O4/c1-12-5-7-14(8-6-12)21-13(2)17(23)20(18(21)24)11-16(22)19-10-15-4-3-9-25-15/h3-9,13H,10-11H2,1-2H3,(H,19,22). The van der Waals surface area contributed by atoms with Crippen LogP contribution in [0.3, 0.4) is 0 Å². The molecule has 2 aromatic rings. The number of hydrogen-bond donors (Lipinski definition) is 1. The maximum absolute atomic E-state index is 12.6. The second kappa shape index (κ2) is 6.80. The highest BCUT2D eigenvalue weighted by molar-refractivity contribution is 6.15. The second-order valence-corrected chi connectivity index (χ2v) is 5.94. The molecule has 1 unspecified atom stereocenters. The third-order valence-electron chi connectivity index (χ3n) is 4.10. The molecule has 1 N–H and O–H groups in total. The van der Waals surface area contributed by atoms with Gasteiger partial charge in [-0.2, -0.15) is 0 Å². The van der Waals surface area contributed by atoms with Crippen molar-refractivity contribution in [3.8, 4) is 0 Å². The highest BCUT2D eigenvalue weighted by Crippen LogP contribution is 2.25. The van der Waals surface area contributed by atoms with Crippen molar-refractivity contribution in [2.75, 3.05) is 11.4 Å². The Bertz CT molecular complexity index is 783. The van der Waals surface area contributed by atoms with E-state index in [1.165, 1.54) is 11.2 Å². The van der Waals surface area contributed by atoms with Crippen LogP contribution >= 0.6 is 0 Å². The van der Waals surface area contributed by atoms with Gasteiger partial charge < -0.3 is 9.73 Å². The molecule has 1 aliphatic heterocycles. The Morgan fingerprint density at radius 2 is 1.92 bits per heavy atom. The van der Waals surface area contributed by atoms with Gasteiger partial charge in [-0.15, -0.1) is 0 Å². The van der Waals surface area contributed by atoms with Crippen molar-refractivity contribution >= 4 is 23.5 Å². The lowest BCUT2D eigenvalue weighted by atomic mass is 10.2. The van der Waals surface area contributed by atoms with Crippen LogP contribution in [0.2, 0.25) is 0 Å². The summed E-state index contributed by atoms with van der Waals surface area (Å²) in [6.07, 6.45) is 1.51. The summed E-state index contributed by atoms with van der Waals surface area (Å²) in [5, 5.41) is 2.63. The first-order valence-corrected chi connectivity index (χ1v) is 7.97. The zero-order chi connectivity index (χ0) is 18.0. The summed E-state index contributed by atoms with van der Waals surface area (Å²) in [5.41, 5.74) is 1.69. The number of nitrogens with one attached hydrogen (secondary N) is 1. The normalized spacial score (nSPS) is 17.3. The first-order chi connectivity index (χ1) is 12.0. The molecule has 25 heavy (non-hydrogen) atoms. The number of carbonyl (C=O) groups excluding carboxylic acids is 3. The predicted octanol–water partition coefficient (Wildman–Crippen LogP) is 2.06. The number of aryl methyl sites for hydroxylation is 1. The van der Waals surface area contributed by atoms with E-state index < -0.39 is 23.9 Å². The van der Waals surface area contributed by atoms with Crippen LogP contribution < -0.4 is 10.2 Å². The maximum atomic E-state index is 12.6. The zero-order valence-electron chi connectivity index (χ0n) is 14.1. The third kappa shape index (κ3) is 3.40. The molecule has 0 radical (unpaired) electrons. The fourth-order valence-electron chi connectivity index (χ4n) is 2.71. The monoisotopic (exact) mass is 341 g/mol. The molecule has 0 saturated carbocycles. The molecule has 1 atom stereocenters. The largest absolute Gasteiger partial charge is 0.467 e. The molecule has 1 fully saturated rings. The second-order valence-electron chi connectivity index (χ2n) is 5.94. The smallest absolute Gasteiger partial charge is 0.332 e. The van der Waals surface area contributed by atoms with Gasteiger partial charge >= 0.3 is 6.03 Å². The summed E-state index contributed by atoms with van der Waals surface area (Å²) < 4.78 is 5.13. The number of anilines is 1. The predicted molar refractivity (Wildman–Crippen MR) is 90.8 cm³/mol.